The zero-order valence-corrected chi connectivity index (χ0v) is 10.4. The first-order valence-electron chi connectivity index (χ1n) is 5.24. The van der Waals surface area contributed by atoms with Crippen LogP contribution in [0, 0.1) is 0 Å². The number of aliphatic carboxylic acids is 1. The van der Waals surface area contributed by atoms with Gasteiger partial charge in [-0.2, -0.15) is 11.8 Å². The summed E-state index contributed by atoms with van der Waals surface area (Å²) in [5.74, 6) is -0.391. The summed E-state index contributed by atoms with van der Waals surface area (Å²) in [6.07, 6.45) is 2.96. The molecule has 5 heteroatoms. The van der Waals surface area contributed by atoms with E-state index in [1.807, 2.05) is 11.8 Å². The number of hydrogen-bond donors (Lipinski definition) is 1. The van der Waals surface area contributed by atoms with Crippen LogP contribution in [-0.2, 0) is 9.59 Å². The highest BCUT2D eigenvalue weighted by Gasteiger charge is 2.24. The summed E-state index contributed by atoms with van der Waals surface area (Å²) in [5.41, 5.74) is 0. The third-order valence-corrected chi connectivity index (χ3v) is 3.89. The molecule has 0 bridgehead atoms. The fourth-order valence-corrected chi connectivity index (χ4v) is 2.59. The Kier molecular flexibility index (Phi) is 4.41. The van der Waals surface area contributed by atoms with Crippen LogP contribution in [0.4, 0.5) is 0 Å². The number of carbonyl (C=O) groups is 2. The van der Waals surface area contributed by atoms with Crippen LogP contribution in [0.3, 0.4) is 0 Å². The maximum Gasteiger partial charge on any atom is 0.328 e. The van der Waals surface area contributed by atoms with Gasteiger partial charge in [-0.25, -0.2) is 4.79 Å². The molecule has 0 aromatic carbocycles. The molecule has 0 radical (unpaired) electrons. The molecular formula is C11H17NO3S. The van der Waals surface area contributed by atoms with Crippen molar-refractivity contribution in [1.29, 1.82) is 0 Å². The van der Waals surface area contributed by atoms with Crippen LogP contribution in [0.1, 0.15) is 20.3 Å². The average molecular weight is 243 g/mol. The maximum absolute atomic E-state index is 11.6. The molecule has 1 aliphatic rings. The molecular weight excluding hydrogens is 226 g/mol. The molecule has 4 nitrogen and oxygen atoms in total. The normalized spacial score (nSPS) is 20.8. The van der Waals surface area contributed by atoms with E-state index < -0.39 is 5.97 Å². The molecule has 1 aliphatic heterocycles. The predicted molar refractivity (Wildman–Crippen MR) is 64.5 cm³/mol. The fourth-order valence-electron chi connectivity index (χ4n) is 1.49. The molecule has 1 heterocycles. The van der Waals surface area contributed by atoms with Gasteiger partial charge in [-0.1, -0.05) is 13.8 Å². The van der Waals surface area contributed by atoms with Gasteiger partial charge in [0.25, 0.3) is 0 Å². The van der Waals surface area contributed by atoms with E-state index >= 15 is 0 Å². The largest absolute Gasteiger partial charge is 0.478 e. The van der Waals surface area contributed by atoms with Gasteiger partial charge < -0.3 is 10.0 Å². The minimum absolute atomic E-state index is 0.200. The summed E-state index contributed by atoms with van der Waals surface area (Å²) >= 11 is 1.85. The van der Waals surface area contributed by atoms with E-state index in [1.54, 1.807) is 4.90 Å². The average Bonchev–Trinajstić information content (AvgIpc) is 2.35. The molecule has 0 saturated carbocycles. The van der Waals surface area contributed by atoms with Gasteiger partial charge in [-0.15, -0.1) is 0 Å². The van der Waals surface area contributed by atoms with E-state index in [4.69, 9.17) is 5.11 Å². The topological polar surface area (TPSA) is 57.6 Å². The number of rotatable bonds is 2. The lowest BCUT2D eigenvalue weighted by atomic mass is 10.1. The van der Waals surface area contributed by atoms with Crippen molar-refractivity contribution >= 4 is 23.6 Å². The summed E-state index contributed by atoms with van der Waals surface area (Å²) in [4.78, 5) is 23.6. The second-order valence-corrected chi connectivity index (χ2v) is 6.16. The Morgan fingerprint density at radius 1 is 1.31 bits per heavy atom. The number of amides is 1. The van der Waals surface area contributed by atoms with Crippen molar-refractivity contribution in [3.8, 4) is 0 Å². The molecule has 0 aliphatic carbocycles. The summed E-state index contributed by atoms with van der Waals surface area (Å²) in [5, 5.41) is 8.44. The van der Waals surface area contributed by atoms with Crippen LogP contribution < -0.4 is 0 Å². The Labute approximate surface area is 99.7 Å². The number of hydrogen-bond acceptors (Lipinski definition) is 3. The van der Waals surface area contributed by atoms with Crippen LogP contribution in [-0.4, -0.2) is 45.5 Å². The standard InChI is InChI=1S/C11H17NO3S/c1-11(2)5-6-12(7-8-16-11)9(13)3-4-10(14)15/h3-4H,5-8H2,1-2H3,(H,14,15)/b4-3+. The highest BCUT2D eigenvalue weighted by atomic mass is 32.2. The van der Waals surface area contributed by atoms with Gasteiger partial charge in [0.05, 0.1) is 0 Å². The molecule has 1 fully saturated rings. The lowest BCUT2D eigenvalue weighted by molar-refractivity contribution is -0.132. The smallest absolute Gasteiger partial charge is 0.328 e. The Bertz CT molecular complexity index is 312. The van der Waals surface area contributed by atoms with Crippen molar-refractivity contribution < 1.29 is 14.7 Å². The first-order valence-corrected chi connectivity index (χ1v) is 6.23. The molecule has 1 saturated heterocycles. The summed E-state index contributed by atoms with van der Waals surface area (Å²) in [6, 6.07) is 0. The molecule has 90 valence electrons. The Morgan fingerprint density at radius 2 is 2.00 bits per heavy atom. The molecule has 1 amide bonds. The van der Waals surface area contributed by atoms with Gasteiger partial charge in [0, 0.05) is 35.7 Å². The minimum Gasteiger partial charge on any atom is -0.478 e. The van der Waals surface area contributed by atoms with Crippen molar-refractivity contribution in [3.05, 3.63) is 12.2 Å². The summed E-state index contributed by atoms with van der Waals surface area (Å²) in [6.45, 7) is 5.72. The Hall–Kier alpha value is -0.970. The lowest BCUT2D eigenvalue weighted by Crippen LogP contribution is -2.32. The number of carbonyl (C=O) groups excluding carboxylic acids is 1. The molecule has 1 rings (SSSR count). The van der Waals surface area contributed by atoms with Crippen molar-refractivity contribution in [3.63, 3.8) is 0 Å². The fraction of sp³-hybridized carbons (Fsp3) is 0.636. The van der Waals surface area contributed by atoms with Crippen molar-refractivity contribution in [2.45, 2.75) is 25.0 Å². The van der Waals surface area contributed by atoms with E-state index in [0.29, 0.717) is 13.1 Å². The number of nitrogens with zero attached hydrogens (tertiary/aromatic N) is 1. The van der Waals surface area contributed by atoms with Gasteiger partial charge in [0.15, 0.2) is 0 Å². The number of carboxylic acids is 1. The minimum atomic E-state index is -1.09. The Morgan fingerprint density at radius 3 is 2.62 bits per heavy atom. The predicted octanol–water partition coefficient (Wildman–Crippen LogP) is 1.37. The molecule has 1 N–H and O–H groups in total. The Balaban J connectivity index is 2.55. The zero-order chi connectivity index (χ0) is 12.2. The van der Waals surface area contributed by atoms with E-state index in [9.17, 15) is 9.59 Å². The van der Waals surface area contributed by atoms with Crippen molar-refractivity contribution in [1.82, 2.24) is 4.90 Å². The molecule has 0 aromatic rings. The first-order chi connectivity index (χ1) is 7.41. The third kappa shape index (κ3) is 4.26. The summed E-state index contributed by atoms with van der Waals surface area (Å²) in [7, 11) is 0. The lowest BCUT2D eigenvalue weighted by Gasteiger charge is -2.21. The second kappa shape index (κ2) is 5.39. The van der Waals surface area contributed by atoms with Crippen LogP contribution in [0.2, 0.25) is 0 Å². The molecule has 0 spiro atoms. The van der Waals surface area contributed by atoms with Gasteiger partial charge in [0.1, 0.15) is 0 Å². The molecule has 0 atom stereocenters. The molecule has 0 aromatic heterocycles. The molecule has 0 unspecified atom stereocenters. The van der Waals surface area contributed by atoms with Crippen molar-refractivity contribution in [2.75, 3.05) is 18.8 Å². The van der Waals surface area contributed by atoms with Crippen LogP contribution in [0.25, 0.3) is 0 Å². The van der Waals surface area contributed by atoms with E-state index in [2.05, 4.69) is 13.8 Å². The monoisotopic (exact) mass is 243 g/mol. The van der Waals surface area contributed by atoms with Gasteiger partial charge in [-0.05, 0) is 6.42 Å². The second-order valence-electron chi connectivity index (χ2n) is 4.36. The maximum atomic E-state index is 11.6. The first kappa shape index (κ1) is 13.1. The van der Waals surface area contributed by atoms with E-state index in [1.165, 1.54) is 0 Å². The van der Waals surface area contributed by atoms with Crippen LogP contribution in [0.5, 0.6) is 0 Å². The third-order valence-electron chi connectivity index (χ3n) is 2.52. The SMILES string of the molecule is CC1(C)CCN(C(=O)/C=C/C(=O)O)CCS1. The van der Waals surface area contributed by atoms with E-state index in [-0.39, 0.29) is 10.7 Å². The van der Waals surface area contributed by atoms with Gasteiger partial charge >= 0.3 is 5.97 Å². The van der Waals surface area contributed by atoms with Crippen molar-refractivity contribution in [2.24, 2.45) is 0 Å². The summed E-state index contributed by atoms with van der Waals surface area (Å²) < 4.78 is 0.200. The van der Waals surface area contributed by atoms with E-state index in [0.717, 1.165) is 24.3 Å². The van der Waals surface area contributed by atoms with Gasteiger partial charge in [0.2, 0.25) is 5.91 Å². The number of thioether (sulfide) groups is 1. The molecule has 16 heavy (non-hydrogen) atoms. The number of carboxylic acid groups (broad SMARTS) is 1. The highest BCUT2D eigenvalue weighted by Crippen LogP contribution is 2.30. The zero-order valence-electron chi connectivity index (χ0n) is 9.60. The van der Waals surface area contributed by atoms with Crippen LogP contribution >= 0.6 is 11.8 Å². The van der Waals surface area contributed by atoms with Crippen LogP contribution in [0.15, 0.2) is 12.2 Å². The highest BCUT2D eigenvalue weighted by molar-refractivity contribution is 8.00. The van der Waals surface area contributed by atoms with Gasteiger partial charge in [-0.3, -0.25) is 4.79 Å². The quantitative estimate of drug-likeness (QED) is 0.744.